The lowest BCUT2D eigenvalue weighted by atomic mass is 9.80. The fourth-order valence-corrected chi connectivity index (χ4v) is 10.8. The lowest BCUT2D eigenvalue weighted by Crippen LogP contribution is -2.68. The van der Waals surface area contributed by atoms with Crippen LogP contribution in [-0.4, -0.2) is 63.0 Å². The molecule has 1 aliphatic heterocycles. The van der Waals surface area contributed by atoms with E-state index < -0.39 is 63.9 Å². The number of ether oxygens (including phenoxy) is 3. The van der Waals surface area contributed by atoms with Crippen molar-refractivity contribution < 1.29 is 41.3 Å². The van der Waals surface area contributed by atoms with Crippen molar-refractivity contribution in [3.63, 3.8) is 0 Å². The average molecular weight is 715 g/mol. The van der Waals surface area contributed by atoms with Gasteiger partial charge in [-0.05, 0) is 54.8 Å². The predicted molar refractivity (Wildman–Crippen MR) is 187 cm³/mol. The molecular formula is C39H38O9S2. The molecule has 5 aromatic rings. The van der Waals surface area contributed by atoms with Crippen LogP contribution in [0.25, 0.3) is 0 Å². The van der Waals surface area contributed by atoms with Gasteiger partial charge in [0.2, 0.25) is 30.9 Å². The topological polar surface area (TPSA) is 136 Å². The van der Waals surface area contributed by atoms with Gasteiger partial charge in [-0.25, -0.2) is 16.8 Å². The molecule has 0 aliphatic carbocycles. The second kappa shape index (κ2) is 13.5. The third-order valence-electron chi connectivity index (χ3n) is 9.25. The van der Waals surface area contributed by atoms with Crippen molar-refractivity contribution in [2.45, 2.75) is 51.5 Å². The van der Waals surface area contributed by atoms with Gasteiger partial charge >= 0.3 is 0 Å². The normalized spacial score (nSPS) is 22.7. The second-order valence-corrected chi connectivity index (χ2v) is 16.5. The molecule has 1 heterocycles. The summed E-state index contributed by atoms with van der Waals surface area (Å²) in [7, 11) is -9.26. The number of aryl methyl sites for hydroxylation is 2. The minimum Gasteiger partial charge on any atom is -0.369 e. The Kier molecular flexibility index (Phi) is 9.61. The van der Waals surface area contributed by atoms with Gasteiger partial charge in [-0.2, -0.15) is 0 Å². The molecule has 1 aliphatic rings. The number of aliphatic hydroxyl groups is 2. The summed E-state index contributed by atoms with van der Waals surface area (Å²) >= 11 is 0. The summed E-state index contributed by atoms with van der Waals surface area (Å²) in [5, 5.41) is 25.3. The highest BCUT2D eigenvalue weighted by atomic mass is 32.2. The molecule has 5 aromatic carbocycles. The summed E-state index contributed by atoms with van der Waals surface area (Å²) in [6.45, 7) is 2.77. The van der Waals surface area contributed by atoms with Gasteiger partial charge in [0.15, 0.2) is 0 Å². The Labute approximate surface area is 292 Å². The van der Waals surface area contributed by atoms with Gasteiger partial charge in [-0.3, -0.25) is 0 Å². The SMILES string of the molecule is CO[C@H]1O[C@H](COC(c2ccccc2)(c2ccccc2)c2ccccc2)[C@@](O)(S(=O)(=O)c2ccc(C)cc2)[C@]1(O)S(=O)(=O)c1ccc(C)cc1. The van der Waals surface area contributed by atoms with Crippen molar-refractivity contribution in [1.29, 1.82) is 0 Å². The number of hydrogen-bond donors (Lipinski definition) is 2. The van der Waals surface area contributed by atoms with E-state index in [-0.39, 0.29) is 0 Å². The van der Waals surface area contributed by atoms with Gasteiger partial charge in [-0.15, -0.1) is 0 Å². The van der Waals surface area contributed by atoms with Crippen LogP contribution < -0.4 is 0 Å². The smallest absolute Gasteiger partial charge is 0.268 e. The van der Waals surface area contributed by atoms with E-state index >= 15 is 0 Å². The van der Waals surface area contributed by atoms with Crippen molar-refractivity contribution in [3.8, 4) is 0 Å². The van der Waals surface area contributed by atoms with Crippen molar-refractivity contribution >= 4 is 19.7 Å². The van der Waals surface area contributed by atoms with Gasteiger partial charge < -0.3 is 24.4 Å². The number of methoxy groups -OCH3 is 1. The Morgan fingerprint density at radius 2 is 0.960 bits per heavy atom. The quantitative estimate of drug-likeness (QED) is 0.175. The number of benzene rings is 5. The van der Waals surface area contributed by atoms with Crippen LogP contribution >= 0.6 is 0 Å². The van der Waals surface area contributed by atoms with Crippen molar-refractivity contribution in [3.05, 3.63) is 167 Å². The molecule has 0 bridgehead atoms. The van der Waals surface area contributed by atoms with E-state index in [1.807, 2.05) is 91.0 Å². The monoisotopic (exact) mass is 714 g/mol. The Bertz CT molecular complexity index is 2050. The lowest BCUT2D eigenvalue weighted by Gasteiger charge is -2.40. The Morgan fingerprint density at radius 3 is 1.32 bits per heavy atom. The fraction of sp³-hybridized carbons (Fsp3) is 0.231. The maximum Gasteiger partial charge on any atom is 0.268 e. The molecule has 260 valence electrons. The van der Waals surface area contributed by atoms with Gasteiger partial charge in [0.05, 0.1) is 16.4 Å². The zero-order valence-corrected chi connectivity index (χ0v) is 29.3. The van der Waals surface area contributed by atoms with E-state index in [0.29, 0.717) is 22.3 Å². The first-order valence-corrected chi connectivity index (χ1v) is 18.9. The first-order chi connectivity index (χ1) is 23.8. The van der Waals surface area contributed by atoms with Crippen LogP contribution in [0.3, 0.4) is 0 Å². The molecule has 4 atom stereocenters. The summed E-state index contributed by atoms with van der Waals surface area (Å²) in [5.41, 5.74) is 1.99. The minimum atomic E-state index is -5.17. The van der Waals surface area contributed by atoms with Crippen LogP contribution in [0.5, 0.6) is 0 Å². The highest BCUT2D eigenvalue weighted by Gasteiger charge is 2.79. The molecule has 1 fully saturated rings. The lowest BCUT2D eigenvalue weighted by molar-refractivity contribution is -0.171. The first kappa shape index (κ1) is 35.6. The van der Waals surface area contributed by atoms with Crippen LogP contribution in [0.15, 0.2) is 149 Å². The van der Waals surface area contributed by atoms with Crippen molar-refractivity contribution in [2.75, 3.05) is 13.7 Å². The van der Waals surface area contributed by atoms with Gasteiger partial charge in [-0.1, -0.05) is 126 Å². The predicted octanol–water partition coefficient (Wildman–Crippen LogP) is 5.31. The third kappa shape index (κ3) is 5.50. The molecule has 0 amide bonds. The molecule has 6 rings (SSSR count). The molecule has 0 spiro atoms. The van der Waals surface area contributed by atoms with Crippen LogP contribution in [0, 0.1) is 13.8 Å². The summed E-state index contributed by atoms with van der Waals surface area (Å²) < 4.78 is 76.8. The molecular weight excluding hydrogens is 677 g/mol. The van der Waals surface area contributed by atoms with Crippen LogP contribution in [0.2, 0.25) is 0 Å². The molecule has 50 heavy (non-hydrogen) atoms. The Morgan fingerprint density at radius 1 is 0.600 bits per heavy atom. The maximum atomic E-state index is 14.8. The van der Waals surface area contributed by atoms with E-state index in [0.717, 1.165) is 12.7 Å². The molecule has 0 saturated carbocycles. The third-order valence-corrected chi connectivity index (χ3v) is 13.9. The zero-order chi connectivity index (χ0) is 35.8. The van der Waals surface area contributed by atoms with E-state index in [1.165, 1.54) is 48.5 Å². The van der Waals surface area contributed by atoms with Crippen molar-refractivity contribution in [2.24, 2.45) is 0 Å². The first-order valence-electron chi connectivity index (χ1n) is 15.9. The van der Waals surface area contributed by atoms with E-state index in [1.54, 1.807) is 13.8 Å². The van der Waals surface area contributed by atoms with Crippen LogP contribution in [0.4, 0.5) is 0 Å². The number of rotatable bonds is 11. The molecule has 2 N–H and O–H groups in total. The molecule has 0 radical (unpaired) electrons. The Hall–Kier alpha value is -4.20. The summed E-state index contributed by atoms with van der Waals surface area (Å²) in [5.74, 6) is 0. The largest absolute Gasteiger partial charge is 0.369 e. The van der Waals surface area contributed by atoms with E-state index in [9.17, 15) is 27.0 Å². The van der Waals surface area contributed by atoms with E-state index in [4.69, 9.17) is 14.2 Å². The van der Waals surface area contributed by atoms with E-state index in [2.05, 4.69) is 0 Å². The maximum absolute atomic E-state index is 14.8. The standard InChI is InChI=1S/C39H38O9S2/c1-28-19-23-33(24-20-28)49(42,43)38(40)35(48-36(46-3)39(38,41)50(44,45)34-25-21-29(2)22-26-34)27-47-37(30-13-7-4-8-14-30,31-15-9-5-10-16-31)32-17-11-6-12-18-32/h4-26,35-36,40-41H,27H2,1-3H3/t35-,36+,38-,39-/m1/s1. The summed E-state index contributed by atoms with van der Waals surface area (Å²) in [6.07, 6.45) is -4.16. The van der Waals surface area contributed by atoms with Crippen LogP contribution in [0.1, 0.15) is 27.8 Å². The summed E-state index contributed by atoms with van der Waals surface area (Å²) in [6, 6.07) is 38.5. The van der Waals surface area contributed by atoms with Crippen molar-refractivity contribution in [1.82, 2.24) is 0 Å². The molecule has 0 unspecified atom stereocenters. The highest BCUT2D eigenvalue weighted by molar-refractivity contribution is 7.97. The second-order valence-electron chi connectivity index (χ2n) is 12.3. The molecule has 1 saturated heterocycles. The fourth-order valence-electron chi connectivity index (χ4n) is 6.55. The number of hydrogen-bond acceptors (Lipinski definition) is 9. The Balaban J connectivity index is 1.58. The number of sulfone groups is 2. The van der Waals surface area contributed by atoms with Crippen LogP contribution in [-0.2, 0) is 39.5 Å². The molecule has 9 nitrogen and oxygen atoms in total. The van der Waals surface area contributed by atoms with Gasteiger partial charge in [0.25, 0.3) is 4.93 Å². The minimum absolute atomic E-state index is 0.436. The average Bonchev–Trinajstić information content (AvgIpc) is 3.38. The zero-order valence-electron chi connectivity index (χ0n) is 27.7. The molecule has 0 aromatic heterocycles. The summed E-state index contributed by atoms with van der Waals surface area (Å²) in [4.78, 5) is -8.01. The molecule has 11 heteroatoms. The van der Waals surface area contributed by atoms with Gasteiger partial charge in [0.1, 0.15) is 11.7 Å². The highest BCUT2D eigenvalue weighted by Crippen LogP contribution is 2.52. The van der Waals surface area contributed by atoms with Gasteiger partial charge in [0, 0.05) is 7.11 Å².